The first-order valence-corrected chi connectivity index (χ1v) is 8.58. The summed E-state index contributed by atoms with van der Waals surface area (Å²) in [6.07, 6.45) is 5.14. The van der Waals surface area contributed by atoms with Crippen LogP contribution < -0.4 is 0 Å². The molecule has 0 amide bonds. The Morgan fingerprint density at radius 2 is 1.65 bits per heavy atom. The fourth-order valence-electron chi connectivity index (χ4n) is 3.89. The second-order valence-electron chi connectivity index (χ2n) is 7.18. The molecule has 0 radical (unpaired) electrons. The zero-order valence-corrected chi connectivity index (χ0v) is 14.0. The zero-order valence-electron chi connectivity index (χ0n) is 14.0. The van der Waals surface area contributed by atoms with Crippen molar-refractivity contribution in [2.75, 3.05) is 46.4 Å². The maximum Gasteiger partial charge on any atom is 0.0829 e. The Labute approximate surface area is 125 Å². The van der Waals surface area contributed by atoms with Gasteiger partial charge in [0.25, 0.3) is 0 Å². The van der Waals surface area contributed by atoms with E-state index in [4.69, 9.17) is 4.74 Å². The summed E-state index contributed by atoms with van der Waals surface area (Å²) < 4.78 is 5.98. The molecule has 2 saturated heterocycles. The second kappa shape index (κ2) is 7.24. The van der Waals surface area contributed by atoms with E-state index < -0.39 is 0 Å². The molecule has 2 rings (SSSR count). The van der Waals surface area contributed by atoms with Gasteiger partial charge in [0.05, 0.1) is 5.60 Å². The summed E-state index contributed by atoms with van der Waals surface area (Å²) in [4.78, 5) is 5.20. The van der Waals surface area contributed by atoms with Gasteiger partial charge in [-0.15, -0.1) is 0 Å². The molecule has 118 valence electrons. The van der Waals surface area contributed by atoms with Crippen LogP contribution in [-0.4, -0.2) is 61.8 Å². The topological polar surface area (TPSA) is 15.7 Å². The van der Waals surface area contributed by atoms with Gasteiger partial charge in [0.1, 0.15) is 0 Å². The first kappa shape index (κ1) is 16.3. The molecule has 2 heterocycles. The van der Waals surface area contributed by atoms with Gasteiger partial charge in [-0.25, -0.2) is 0 Å². The van der Waals surface area contributed by atoms with Crippen LogP contribution in [0.1, 0.15) is 46.5 Å². The molecule has 0 atom stereocenters. The van der Waals surface area contributed by atoms with Crippen molar-refractivity contribution in [2.45, 2.75) is 52.1 Å². The van der Waals surface area contributed by atoms with Gasteiger partial charge in [-0.1, -0.05) is 20.8 Å². The molecule has 0 aliphatic carbocycles. The third kappa shape index (κ3) is 3.96. The highest BCUT2D eigenvalue weighted by Crippen LogP contribution is 2.30. The molecule has 0 unspecified atom stereocenters. The Morgan fingerprint density at radius 3 is 2.10 bits per heavy atom. The Bertz CT molecular complexity index is 277. The molecule has 3 heteroatoms. The minimum atomic E-state index is 0.121. The minimum Gasteiger partial charge on any atom is -0.377 e. The number of hydrogen-bond acceptors (Lipinski definition) is 3. The Morgan fingerprint density at radius 1 is 1.05 bits per heavy atom. The van der Waals surface area contributed by atoms with Crippen LogP contribution in [0.3, 0.4) is 0 Å². The fourth-order valence-corrected chi connectivity index (χ4v) is 3.89. The standard InChI is InChI=1S/C17H34N2O/c1-5-18-12-8-17(20-4,9-13-18)14-19-10-6-16(7-11-19)15(2)3/h15-16H,5-14H2,1-4H3. The van der Waals surface area contributed by atoms with Gasteiger partial charge in [-0.05, 0) is 57.2 Å². The summed E-state index contributed by atoms with van der Waals surface area (Å²) in [5.41, 5.74) is 0.121. The van der Waals surface area contributed by atoms with E-state index in [9.17, 15) is 0 Å². The van der Waals surface area contributed by atoms with E-state index in [2.05, 4.69) is 30.6 Å². The predicted octanol–water partition coefficient (Wildman–Crippen LogP) is 2.86. The molecule has 0 aromatic carbocycles. The van der Waals surface area contributed by atoms with Crippen LogP contribution in [0.25, 0.3) is 0 Å². The lowest BCUT2D eigenvalue weighted by atomic mass is 9.85. The SMILES string of the molecule is CCN1CCC(CN2CCC(C(C)C)CC2)(OC)CC1. The van der Waals surface area contributed by atoms with E-state index in [1.54, 1.807) is 0 Å². The average Bonchev–Trinajstić information content (AvgIpc) is 2.48. The summed E-state index contributed by atoms with van der Waals surface area (Å²) in [6.45, 7) is 14.3. The van der Waals surface area contributed by atoms with E-state index in [1.807, 2.05) is 7.11 Å². The summed E-state index contributed by atoms with van der Waals surface area (Å²) >= 11 is 0. The summed E-state index contributed by atoms with van der Waals surface area (Å²) in [5.74, 6) is 1.79. The van der Waals surface area contributed by atoms with Crippen molar-refractivity contribution in [3.8, 4) is 0 Å². The molecular weight excluding hydrogens is 248 g/mol. The smallest absolute Gasteiger partial charge is 0.0829 e. The maximum absolute atomic E-state index is 5.98. The molecule has 0 bridgehead atoms. The monoisotopic (exact) mass is 282 g/mol. The molecule has 3 nitrogen and oxygen atoms in total. The molecule has 2 aliphatic heterocycles. The van der Waals surface area contributed by atoms with Crippen LogP contribution >= 0.6 is 0 Å². The van der Waals surface area contributed by atoms with Gasteiger partial charge in [-0.3, -0.25) is 0 Å². The fraction of sp³-hybridized carbons (Fsp3) is 1.00. The van der Waals surface area contributed by atoms with Crippen molar-refractivity contribution in [1.29, 1.82) is 0 Å². The maximum atomic E-state index is 5.98. The predicted molar refractivity (Wildman–Crippen MR) is 85.1 cm³/mol. The number of likely N-dealkylation sites (tertiary alicyclic amines) is 2. The van der Waals surface area contributed by atoms with E-state index in [0.717, 1.165) is 18.4 Å². The van der Waals surface area contributed by atoms with Crippen LogP contribution in [-0.2, 0) is 4.74 Å². The van der Waals surface area contributed by atoms with Crippen molar-refractivity contribution in [2.24, 2.45) is 11.8 Å². The van der Waals surface area contributed by atoms with Crippen molar-refractivity contribution >= 4 is 0 Å². The first-order chi connectivity index (χ1) is 9.58. The Kier molecular flexibility index (Phi) is 5.88. The van der Waals surface area contributed by atoms with E-state index in [0.29, 0.717) is 0 Å². The molecule has 2 fully saturated rings. The van der Waals surface area contributed by atoms with Gasteiger partial charge in [0.2, 0.25) is 0 Å². The van der Waals surface area contributed by atoms with Crippen molar-refractivity contribution in [3.05, 3.63) is 0 Å². The third-order valence-electron chi connectivity index (χ3n) is 5.73. The van der Waals surface area contributed by atoms with Gasteiger partial charge in [0.15, 0.2) is 0 Å². The van der Waals surface area contributed by atoms with Crippen LogP contribution in [0.4, 0.5) is 0 Å². The van der Waals surface area contributed by atoms with Crippen molar-refractivity contribution < 1.29 is 4.74 Å². The highest BCUT2D eigenvalue weighted by molar-refractivity contribution is 4.91. The van der Waals surface area contributed by atoms with Crippen LogP contribution in [0.2, 0.25) is 0 Å². The van der Waals surface area contributed by atoms with Gasteiger partial charge >= 0.3 is 0 Å². The van der Waals surface area contributed by atoms with Crippen molar-refractivity contribution in [1.82, 2.24) is 9.80 Å². The molecule has 0 aromatic rings. The van der Waals surface area contributed by atoms with E-state index >= 15 is 0 Å². The largest absolute Gasteiger partial charge is 0.377 e. The number of piperidine rings is 2. The highest BCUT2D eigenvalue weighted by atomic mass is 16.5. The molecule has 20 heavy (non-hydrogen) atoms. The minimum absolute atomic E-state index is 0.121. The third-order valence-corrected chi connectivity index (χ3v) is 5.73. The second-order valence-corrected chi connectivity index (χ2v) is 7.18. The normalized spacial score (nSPS) is 26.2. The van der Waals surface area contributed by atoms with Gasteiger partial charge in [0, 0.05) is 26.7 Å². The van der Waals surface area contributed by atoms with Crippen LogP contribution in [0, 0.1) is 11.8 Å². The molecule has 2 aliphatic rings. The van der Waals surface area contributed by atoms with Crippen molar-refractivity contribution in [3.63, 3.8) is 0 Å². The summed E-state index contributed by atoms with van der Waals surface area (Å²) in [6, 6.07) is 0. The number of ether oxygens (including phenoxy) is 1. The van der Waals surface area contributed by atoms with Gasteiger partial charge < -0.3 is 14.5 Å². The Balaban J connectivity index is 1.82. The number of rotatable bonds is 5. The lowest BCUT2D eigenvalue weighted by Gasteiger charge is -2.45. The quantitative estimate of drug-likeness (QED) is 0.771. The van der Waals surface area contributed by atoms with Crippen LogP contribution in [0.5, 0.6) is 0 Å². The number of methoxy groups -OCH3 is 1. The lowest BCUT2D eigenvalue weighted by molar-refractivity contribution is -0.0801. The lowest BCUT2D eigenvalue weighted by Crippen LogP contribution is -2.53. The van der Waals surface area contributed by atoms with Gasteiger partial charge in [-0.2, -0.15) is 0 Å². The van der Waals surface area contributed by atoms with E-state index in [-0.39, 0.29) is 5.60 Å². The molecule has 0 spiro atoms. The van der Waals surface area contributed by atoms with E-state index in [1.165, 1.54) is 58.4 Å². The molecule has 0 aromatic heterocycles. The molecule has 0 saturated carbocycles. The molecular formula is C17H34N2O. The number of nitrogens with zero attached hydrogens (tertiary/aromatic N) is 2. The van der Waals surface area contributed by atoms with Crippen LogP contribution in [0.15, 0.2) is 0 Å². The molecule has 0 N–H and O–H groups in total. The number of hydrogen-bond donors (Lipinski definition) is 0. The summed E-state index contributed by atoms with van der Waals surface area (Å²) in [5, 5.41) is 0. The zero-order chi connectivity index (χ0) is 14.6. The summed E-state index contributed by atoms with van der Waals surface area (Å²) in [7, 11) is 1.92. The highest BCUT2D eigenvalue weighted by Gasteiger charge is 2.36. The first-order valence-electron chi connectivity index (χ1n) is 8.58. The Hall–Kier alpha value is -0.120. The average molecular weight is 282 g/mol.